The van der Waals surface area contributed by atoms with Crippen molar-refractivity contribution in [1.82, 2.24) is 9.97 Å². The maximum absolute atomic E-state index is 11.5. The Balaban J connectivity index is 1.46. The molecule has 5 nitrogen and oxygen atoms in total. The van der Waals surface area contributed by atoms with Crippen LogP contribution in [0.4, 0.5) is 0 Å². The number of aromatic nitrogens is 2. The van der Waals surface area contributed by atoms with Crippen LogP contribution in [0.2, 0.25) is 0 Å². The largest absolute Gasteiger partial charge is 0.477 e. The van der Waals surface area contributed by atoms with Crippen LogP contribution in [0.3, 0.4) is 0 Å². The van der Waals surface area contributed by atoms with Crippen molar-refractivity contribution in [3.05, 3.63) is 132 Å². The number of hydrogen-bond donors (Lipinski definition) is 1. The topological polar surface area (TPSA) is 86.9 Å². The number of carbonyl (C=O) groups is 1. The van der Waals surface area contributed by atoms with Crippen molar-refractivity contribution in [2.24, 2.45) is 0 Å². The lowest BCUT2D eigenvalue weighted by Crippen LogP contribution is -1.96. The molecule has 7 rings (SSSR count). The van der Waals surface area contributed by atoms with Crippen LogP contribution in [0.5, 0.6) is 0 Å². The monoisotopic (exact) mass is 649 g/mol. The molecule has 8 heteroatoms. The molecule has 46 heavy (non-hydrogen) atoms. The minimum absolute atomic E-state index is 0.309. The van der Waals surface area contributed by atoms with E-state index in [0.29, 0.717) is 4.88 Å². The van der Waals surface area contributed by atoms with Gasteiger partial charge in [0.2, 0.25) is 0 Å². The van der Waals surface area contributed by atoms with Gasteiger partial charge in [-0.25, -0.2) is 14.8 Å². The molecule has 4 aromatic heterocycles. The zero-order valence-corrected chi connectivity index (χ0v) is 26.6. The number of carboxylic acids is 1. The molecule has 0 fully saturated rings. The lowest BCUT2D eigenvalue weighted by atomic mass is 10.0. The molecule has 0 saturated carbocycles. The first-order valence-corrected chi connectivity index (χ1v) is 16.7. The predicted octanol–water partition coefficient (Wildman–Crippen LogP) is 10.8. The van der Waals surface area contributed by atoms with Crippen LogP contribution in [-0.2, 0) is 4.79 Å². The summed E-state index contributed by atoms with van der Waals surface area (Å²) in [5.74, 6) is -1.25. The molecule has 220 valence electrons. The van der Waals surface area contributed by atoms with Gasteiger partial charge in [-0.05, 0) is 41.5 Å². The lowest BCUT2D eigenvalue weighted by molar-refractivity contribution is -0.132. The van der Waals surface area contributed by atoms with Crippen molar-refractivity contribution >= 4 is 63.2 Å². The molecule has 1 N–H and O–H groups in total. The highest BCUT2D eigenvalue weighted by atomic mass is 32.1. The molecule has 0 atom stereocenters. The Morgan fingerprint density at radius 1 is 0.674 bits per heavy atom. The molecule has 3 aromatic carbocycles. The summed E-state index contributed by atoms with van der Waals surface area (Å²) in [6, 6.07) is 38.4. The first-order valence-electron chi connectivity index (χ1n) is 14.3. The van der Waals surface area contributed by atoms with E-state index in [9.17, 15) is 15.2 Å². The number of aliphatic carboxylic acids is 1. The van der Waals surface area contributed by atoms with Gasteiger partial charge in [0.1, 0.15) is 22.7 Å². The van der Waals surface area contributed by atoms with Gasteiger partial charge >= 0.3 is 5.97 Å². The van der Waals surface area contributed by atoms with Crippen LogP contribution in [0.15, 0.2) is 121 Å². The van der Waals surface area contributed by atoms with Crippen molar-refractivity contribution in [3.63, 3.8) is 0 Å². The summed E-state index contributed by atoms with van der Waals surface area (Å²) >= 11 is 4.76. The summed E-state index contributed by atoms with van der Waals surface area (Å²) in [5.41, 5.74) is 7.01. The van der Waals surface area contributed by atoms with E-state index in [0.717, 1.165) is 69.1 Å². The maximum Gasteiger partial charge on any atom is 0.346 e. The third kappa shape index (κ3) is 5.59. The Hall–Kier alpha value is -5.46. The summed E-state index contributed by atoms with van der Waals surface area (Å²) in [6.45, 7) is 3.86. The number of thiophene rings is 3. The average Bonchev–Trinajstić information content (AvgIpc) is 3.86. The van der Waals surface area contributed by atoms with Crippen LogP contribution in [-0.4, -0.2) is 21.0 Å². The van der Waals surface area contributed by atoms with Gasteiger partial charge < -0.3 is 5.11 Å². The standard InChI is InChI=1S/C38H23N3O2S3/c1-2-23-13-15-24(16-14-23)29-19-20-31(45-29)37-35-34(36(46-37)30-18-17-28(44-30)21-27(22-39)38(42)43)40-32(25-9-5-3-6-10-25)33(41-35)26-11-7-4-8-12-26/h2-21H,1H2,(H,42,43)/b27-21+. The Morgan fingerprint density at radius 3 is 1.76 bits per heavy atom. The van der Waals surface area contributed by atoms with Gasteiger partial charge in [-0.15, -0.1) is 34.0 Å². The highest BCUT2D eigenvalue weighted by Gasteiger charge is 2.23. The van der Waals surface area contributed by atoms with E-state index < -0.39 is 5.97 Å². The van der Waals surface area contributed by atoms with E-state index in [1.807, 2.05) is 66.7 Å². The van der Waals surface area contributed by atoms with Gasteiger partial charge in [-0.1, -0.05) is 97.6 Å². The highest BCUT2D eigenvalue weighted by molar-refractivity contribution is 7.28. The summed E-state index contributed by atoms with van der Waals surface area (Å²) in [5, 5.41) is 18.7. The smallest absolute Gasteiger partial charge is 0.346 e. The number of nitriles is 1. The normalized spacial score (nSPS) is 11.4. The average molecular weight is 650 g/mol. The first kappa shape index (κ1) is 29.3. The number of benzene rings is 3. The Bertz CT molecular complexity index is 2310. The number of nitrogens with zero attached hydrogens (tertiary/aromatic N) is 3. The number of rotatable bonds is 8. The van der Waals surface area contributed by atoms with Crippen LogP contribution in [0.25, 0.3) is 75.6 Å². The second-order valence-electron chi connectivity index (χ2n) is 10.3. The van der Waals surface area contributed by atoms with Gasteiger partial charge in [-0.3, -0.25) is 0 Å². The van der Waals surface area contributed by atoms with Crippen molar-refractivity contribution in [3.8, 4) is 58.5 Å². The Labute approximate surface area is 277 Å². The summed E-state index contributed by atoms with van der Waals surface area (Å²) in [4.78, 5) is 28.0. The fraction of sp³-hybridized carbons (Fsp3) is 0. The second-order valence-corrected chi connectivity index (χ2v) is 13.5. The summed E-state index contributed by atoms with van der Waals surface area (Å²) in [7, 11) is 0. The fourth-order valence-corrected chi connectivity index (χ4v) is 8.48. The molecule has 0 bridgehead atoms. The van der Waals surface area contributed by atoms with Crippen molar-refractivity contribution in [2.45, 2.75) is 0 Å². The maximum atomic E-state index is 11.5. The van der Waals surface area contributed by atoms with Gasteiger partial charge in [0.15, 0.2) is 0 Å². The van der Waals surface area contributed by atoms with Crippen LogP contribution >= 0.6 is 34.0 Å². The van der Waals surface area contributed by atoms with Gasteiger partial charge in [-0.2, -0.15) is 5.26 Å². The molecule has 0 aliphatic carbocycles. The van der Waals surface area contributed by atoms with Gasteiger partial charge in [0, 0.05) is 30.6 Å². The third-order valence-electron chi connectivity index (χ3n) is 7.37. The first-order chi connectivity index (χ1) is 22.5. The van der Waals surface area contributed by atoms with Crippen molar-refractivity contribution in [1.29, 1.82) is 5.26 Å². The van der Waals surface area contributed by atoms with E-state index in [1.54, 1.807) is 28.7 Å². The molecular formula is C38H23N3O2S3. The summed E-state index contributed by atoms with van der Waals surface area (Å²) in [6.07, 6.45) is 3.25. The second kappa shape index (κ2) is 12.5. The molecule has 7 aromatic rings. The van der Waals surface area contributed by atoms with Gasteiger partial charge in [0.25, 0.3) is 0 Å². The minimum atomic E-state index is -1.25. The zero-order valence-electron chi connectivity index (χ0n) is 24.2. The molecule has 0 saturated heterocycles. The Morgan fingerprint density at radius 2 is 1.22 bits per heavy atom. The molecule has 4 heterocycles. The number of fused-ring (bicyclic) bond motifs is 1. The number of hydrogen-bond acceptors (Lipinski definition) is 7. The summed E-state index contributed by atoms with van der Waals surface area (Å²) < 4.78 is 0. The zero-order chi connectivity index (χ0) is 31.6. The molecule has 0 unspecified atom stereocenters. The van der Waals surface area contributed by atoms with Crippen LogP contribution in [0.1, 0.15) is 10.4 Å². The van der Waals surface area contributed by atoms with Crippen LogP contribution in [0, 0.1) is 11.3 Å². The molecule has 0 aliphatic heterocycles. The van der Waals surface area contributed by atoms with Crippen molar-refractivity contribution in [2.75, 3.05) is 0 Å². The predicted molar refractivity (Wildman–Crippen MR) is 192 cm³/mol. The molecule has 0 aliphatic rings. The highest BCUT2D eigenvalue weighted by Crippen LogP contribution is 2.49. The van der Waals surface area contributed by atoms with E-state index in [2.05, 4.69) is 55.1 Å². The minimum Gasteiger partial charge on any atom is -0.477 e. The van der Waals surface area contributed by atoms with E-state index >= 15 is 0 Å². The van der Waals surface area contributed by atoms with Gasteiger partial charge in [0.05, 0.1) is 21.1 Å². The molecule has 0 spiro atoms. The quantitative estimate of drug-likeness (QED) is 0.131. The molecular weight excluding hydrogens is 627 g/mol. The van der Waals surface area contributed by atoms with E-state index in [-0.39, 0.29) is 5.57 Å². The SMILES string of the molecule is C=Cc1ccc(-c2ccc(-c3sc(-c4ccc(/C=C(\C#N)C(=O)O)s4)c4nc(-c5ccccc5)c(-c5ccccc5)nc34)s2)cc1. The van der Waals surface area contributed by atoms with E-state index in [4.69, 9.17) is 9.97 Å². The van der Waals surface area contributed by atoms with Crippen molar-refractivity contribution < 1.29 is 9.90 Å². The Kier molecular flexibility index (Phi) is 7.95. The third-order valence-corrected chi connectivity index (χ3v) is 11.1. The van der Waals surface area contributed by atoms with Crippen LogP contribution < -0.4 is 0 Å². The number of carboxylic acid groups (broad SMARTS) is 1. The lowest BCUT2D eigenvalue weighted by Gasteiger charge is -2.10. The van der Waals surface area contributed by atoms with E-state index in [1.165, 1.54) is 17.4 Å². The molecule has 0 radical (unpaired) electrons. The fourth-order valence-electron chi connectivity index (χ4n) is 5.11. The molecule has 0 amide bonds.